The lowest BCUT2D eigenvalue weighted by Gasteiger charge is -2.32. The number of amides is 2. The van der Waals surface area contributed by atoms with Gasteiger partial charge in [-0.2, -0.15) is 0 Å². The number of anilines is 1. The quantitative estimate of drug-likeness (QED) is 0.849. The summed E-state index contributed by atoms with van der Waals surface area (Å²) in [5.74, 6) is -0.333. The molecule has 0 aromatic heterocycles. The predicted octanol–water partition coefficient (Wildman–Crippen LogP) is 1.81. The lowest BCUT2D eigenvalue weighted by molar-refractivity contribution is -0.140. The van der Waals surface area contributed by atoms with Crippen molar-refractivity contribution in [2.75, 3.05) is 32.1 Å². The van der Waals surface area contributed by atoms with E-state index in [0.717, 1.165) is 22.4 Å². The summed E-state index contributed by atoms with van der Waals surface area (Å²) in [7, 11) is 1.64. The minimum atomic E-state index is -0.403. The van der Waals surface area contributed by atoms with Crippen LogP contribution < -0.4 is 10.6 Å². The molecule has 0 saturated carbocycles. The summed E-state index contributed by atoms with van der Waals surface area (Å²) in [6.45, 7) is 9.07. The molecule has 0 radical (unpaired) electrons. The Kier molecular flexibility index (Phi) is 7.86. The molecular formula is C18H28ClN3O3. The Hall–Kier alpha value is -1.63. The SMILES string of the molecule is Cc1cc(C)c(NC(=O)CN(C)C(=O)[C@H]2NCCO[C@@H]2C)c(C)c1.Cl. The fourth-order valence-corrected chi connectivity index (χ4v) is 3.10. The molecule has 7 heteroatoms. The van der Waals surface area contributed by atoms with Crippen LogP contribution in [0.1, 0.15) is 23.6 Å². The van der Waals surface area contributed by atoms with E-state index >= 15 is 0 Å². The van der Waals surface area contributed by atoms with Crippen molar-refractivity contribution in [3.8, 4) is 0 Å². The van der Waals surface area contributed by atoms with Crippen LogP contribution in [0.2, 0.25) is 0 Å². The van der Waals surface area contributed by atoms with Crippen molar-refractivity contribution in [3.63, 3.8) is 0 Å². The van der Waals surface area contributed by atoms with E-state index in [-0.39, 0.29) is 36.9 Å². The van der Waals surface area contributed by atoms with E-state index < -0.39 is 6.04 Å². The van der Waals surface area contributed by atoms with Gasteiger partial charge in [-0.3, -0.25) is 9.59 Å². The number of benzene rings is 1. The van der Waals surface area contributed by atoms with Crippen LogP contribution in [0.4, 0.5) is 5.69 Å². The van der Waals surface area contributed by atoms with Crippen LogP contribution in [0.3, 0.4) is 0 Å². The van der Waals surface area contributed by atoms with Gasteiger partial charge in [0, 0.05) is 19.3 Å². The molecule has 25 heavy (non-hydrogen) atoms. The molecule has 6 nitrogen and oxygen atoms in total. The maximum atomic E-state index is 12.5. The molecule has 2 N–H and O–H groups in total. The smallest absolute Gasteiger partial charge is 0.243 e. The molecule has 0 unspecified atom stereocenters. The van der Waals surface area contributed by atoms with Gasteiger partial charge in [0.15, 0.2) is 0 Å². The number of carbonyl (C=O) groups is 2. The molecule has 1 fully saturated rings. The van der Waals surface area contributed by atoms with Gasteiger partial charge in [0.2, 0.25) is 11.8 Å². The van der Waals surface area contributed by atoms with Gasteiger partial charge in [0.1, 0.15) is 6.04 Å². The first-order chi connectivity index (χ1) is 11.3. The van der Waals surface area contributed by atoms with Crippen molar-refractivity contribution < 1.29 is 14.3 Å². The highest BCUT2D eigenvalue weighted by molar-refractivity contribution is 5.96. The summed E-state index contributed by atoms with van der Waals surface area (Å²) in [6.07, 6.45) is -0.196. The number of morpholine rings is 1. The number of rotatable bonds is 4. The second-order valence-corrected chi connectivity index (χ2v) is 6.52. The summed E-state index contributed by atoms with van der Waals surface area (Å²) in [5.41, 5.74) is 4.02. The highest BCUT2D eigenvalue weighted by Gasteiger charge is 2.31. The molecule has 1 heterocycles. The van der Waals surface area contributed by atoms with Crippen molar-refractivity contribution in [2.45, 2.75) is 39.8 Å². The number of hydrogen-bond donors (Lipinski definition) is 2. The standard InChI is InChI=1S/C18H27N3O3.ClH/c1-11-8-12(2)16(13(3)9-11)20-15(22)10-21(5)18(23)17-14(4)24-7-6-19-17;/h8-9,14,17,19H,6-7,10H2,1-5H3,(H,20,22);1H/t14-,17+;/m1./s1. The third-order valence-corrected chi connectivity index (χ3v) is 4.28. The van der Waals surface area contributed by atoms with Crippen molar-refractivity contribution in [3.05, 3.63) is 28.8 Å². The molecule has 0 bridgehead atoms. The Labute approximate surface area is 155 Å². The predicted molar refractivity (Wildman–Crippen MR) is 101 cm³/mol. The first-order valence-corrected chi connectivity index (χ1v) is 8.27. The van der Waals surface area contributed by atoms with Crippen LogP contribution in [-0.2, 0) is 14.3 Å². The minimum absolute atomic E-state index is 0. The zero-order valence-corrected chi connectivity index (χ0v) is 16.3. The van der Waals surface area contributed by atoms with Gasteiger partial charge < -0.3 is 20.3 Å². The molecule has 140 valence electrons. The second kappa shape index (κ2) is 9.17. The van der Waals surface area contributed by atoms with E-state index in [4.69, 9.17) is 4.74 Å². The van der Waals surface area contributed by atoms with Crippen LogP contribution in [-0.4, -0.2) is 55.6 Å². The third kappa shape index (κ3) is 5.42. The van der Waals surface area contributed by atoms with E-state index in [1.807, 2.05) is 39.8 Å². The maximum absolute atomic E-state index is 12.5. The van der Waals surface area contributed by atoms with Gasteiger partial charge in [-0.1, -0.05) is 17.7 Å². The molecule has 2 atom stereocenters. The lowest BCUT2D eigenvalue weighted by Crippen LogP contribution is -2.56. The van der Waals surface area contributed by atoms with Gasteiger partial charge in [-0.15, -0.1) is 12.4 Å². The van der Waals surface area contributed by atoms with E-state index in [0.29, 0.717) is 13.2 Å². The molecule has 0 aliphatic carbocycles. The molecule has 0 spiro atoms. The largest absolute Gasteiger partial charge is 0.375 e. The maximum Gasteiger partial charge on any atom is 0.243 e. The van der Waals surface area contributed by atoms with Crippen molar-refractivity contribution in [1.29, 1.82) is 0 Å². The Bertz CT molecular complexity index is 613. The molecule has 2 rings (SSSR count). The molecule has 2 amide bonds. The number of hydrogen-bond acceptors (Lipinski definition) is 4. The summed E-state index contributed by atoms with van der Waals surface area (Å²) in [5, 5.41) is 6.07. The van der Waals surface area contributed by atoms with Crippen LogP contribution >= 0.6 is 12.4 Å². The van der Waals surface area contributed by atoms with E-state index in [9.17, 15) is 9.59 Å². The van der Waals surface area contributed by atoms with Crippen molar-refractivity contribution in [2.24, 2.45) is 0 Å². The lowest BCUT2D eigenvalue weighted by atomic mass is 10.1. The van der Waals surface area contributed by atoms with Gasteiger partial charge in [0.05, 0.1) is 19.3 Å². The summed E-state index contributed by atoms with van der Waals surface area (Å²) < 4.78 is 5.49. The number of nitrogens with zero attached hydrogens (tertiary/aromatic N) is 1. The number of aryl methyl sites for hydroxylation is 3. The van der Waals surface area contributed by atoms with Crippen molar-refractivity contribution >= 4 is 29.9 Å². The number of carbonyl (C=O) groups excluding carboxylic acids is 2. The topological polar surface area (TPSA) is 70.7 Å². The van der Waals surface area contributed by atoms with Crippen LogP contribution in [0.15, 0.2) is 12.1 Å². The normalized spacial score (nSPS) is 19.7. The van der Waals surface area contributed by atoms with E-state index in [2.05, 4.69) is 10.6 Å². The molecule has 1 aliphatic rings. The van der Waals surface area contributed by atoms with Gasteiger partial charge in [0.25, 0.3) is 0 Å². The monoisotopic (exact) mass is 369 g/mol. The highest BCUT2D eigenvalue weighted by Crippen LogP contribution is 2.21. The molecule has 1 saturated heterocycles. The van der Waals surface area contributed by atoms with Gasteiger partial charge in [-0.05, 0) is 38.8 Å². The summed E-state index contributed by atoms with van der Waals surface area (Å²) in [4.78, 5) is 26.2. The fraction of sp³-hybridized carbons (Fsp3) is 0.556. The third-order valence-electron chi connectivity index (χ3n) is 4.28. The first kappa shape index (κ1) is 21.4. The fourth-order valence-electron chi connectivity index (χ4n) is 3.10. The van der Waals surface area contributed by atoms with E-state index in [1.54, 1.807) is 7.05 Å². The van der Waals surface area contributed by atoms with Gasteiger partial charge in [-0.25, -0.2) is 0 Å². The summed E-state index contributed by atoms with van der Waals surface area (Å²) in [6, 6.07) is 3.66. The number of halogens is 1. The summed E-state index contributed by atoms with van der Waals surface area (Å²) >= 11 is 0. The number of ether oxygens (including phenoxy) is 1. The molecule has 1 aromatic rings. The minimum Gasteiger partial charge on any atom is -0.375 e. The zero-order valence-electron chi connectivity index (χ0n) is 15.5. The van der Waals surface area contributed by atoms with Gasteiger partial charge >= 0.3 is 0 Å². The first-order valence-electron chi connectivity index (χ1n) is 8.27. The molecule has 1 aliphatic heterocycles. The number of likely N-dealkylation sites (N-methyl/N-ethyl adjacent to an activating group) is 1. The zero-order chi connectivity index (χ0) is 17.9. The van der Waals surface area contributed by atoms with Crippen molar-refractivity contribution in [1.82, 2.24) is 10.2 Å². The van der Waals surface area contributed by atoms with E-state index in [1.165, 1.54) is 4.90 Å². The Morgan fingerprint density at radius 1 is 1.28 bits per heavy atom. The highest BCUT2D eigenvalue weighted by atomic mass is 35.5. The van der Waals surface area contributed by atoms with Crippen LogP contribution in [0.25, 0.3) is 0 Å². The average Bonchev–Trinajstić information content (AvgIpc) is 2.50. The van der Waals surface area contributed by atoms with Crippen LogP contribution in [0.5, 0.6) is 0 Å². The second-order valence-electron chi connectivity index (χ2n) is 6.52. The number of nitrogens with one attached hydrogen (secondary N) is 2. The Morgan fingerprint density at radius 3 is 2.44 bits per heavy atom. The molecular weight excluding hydrogens is 342 g/mol. The van der Waals surface area contributed by atoms with Crippen LogP contribution in [0, 0.1) is 20.8 Å². The Morgan fingerprint density at radius 2 is 1.88 bits per heavy atom. The molecule has 1 aromatic carbocycles. The Balaban J connectivity index is 0.00000312. The average molecular weight is 370 g/mol.